The Bertz CT molecular complexity index is 611. The van der Waals surface area contributed by atoms with Gasteiger partial charge in [-0.2, -0.15) is 13.2 Å². The number of hydrogen-bond acceptors (Lipinski definition) is 5. The number of methoxy groups -OCH3 is 1. The Morgan fingerprint density at radius 2 is 1.96 bits per heavy atom. The van der Waals surface area contributed by atoms with E-state index >= 15 is 0 Å². The first-order chi connectivity index (χ1) is 10.6. The smallest absolute Gasteiger partial charge is 0.416 e. The van der Waals surface area contributed by atoms with Crippen LogP contribution in [0.4, 0.5) is 18.9 Å². The van der Waals surface area contributed by atoms with Gasteiger partial charge < -0.3 is 9.47 Å². The Hall–Kier alpha value is -2.38. The van der Waals surface area contributed by atoms with Gasteiger partial charge in [0.1, 0.15) is 0 Å². The fourth-order valence-corrected chi connectivity index (χ4v) is 1.67. The van der Waals surface area contributed by atoms with Crippen molar-refractivity contribution in [3.63, 3.8) is 0 Å². The standard InChI is InChI=1S/C15H16F3NO4/c1-9(7-13(20)23-10(2)14(21)22-3)19-12-6-4-5-11(8-12)15(16,17)18/h4-6,8,10H,7H2,1-3H3/t10-/m0/s1. The third kappa shape index (κ3) is 6.09. The number of nitrogens with zero attached hydrogens (tertiary/aromatic N) is 1. The van der Waals surface area contributed by atoms with E-state index in [-0.39, 0.29) is 17.8 Å². The van der Waals surface area contributed by atoms with Gasteiger partial charge in [0.2, 0.25) is 0 Å². The van der Waals surface area contributed by atoms with E-state index in [1.54, 1.807) is 0 Å². The first-order valence-electron chi connectivity index (χ1n) is 6.62. The predicted octanol–water partition coefficient (Wildman–Crippen LogP) is 3.29. The van der Waals surface area contributed by atoms with Crippen LogP contribution in [0.5, 0.6) is 0 Å². The second-order valence-corrected chi connectivity index (χ2v) is 4.73. The summed E-state index contributed by atoms with van der Waals surface area (Å²) in [4.78, 5) is 26.7. The van der Waals surface area contributed by atoms with Gasteiger partial charge in [0, 0.05) is 5.71 Å². The summed E-state index contributed by atoms with van der Waals surface area (Å²) in [5.41, 5.74) is -0.494. The molecule has 0 unspecified atom stereocenters. The number of aliphatic imine (C=N–C) groups is 1. The van der Waals surface area contributed by atoms with Crippen molar-refractivity contribution in [1.82, 2.24) is 0 Å². The fraction of sp³-hybridized carbons (Fsp3) is 0.400. The van der Waals surface area contributed by atoms with Gasteiger partial charge >= 0.3 is 18.1 Å². The van der Waals surface area contributed by atoms with Gasteiger partial charge in [-0.25, -0.2) is 4.79 Å². The number of rotatable bonds is 5. The van der Waals surface area contributed by atoms with Gasteiger partial charge in [0.05, 0.1) is 24.8 Å². The molecule has 1 atom stereocenters. The van der Waals surface area contributed by atoms with Crippen molar-refractivity contribution in [2.24, 2.45) is 4.99 Å². The zero-order valence-electron chi connectivity index (χ0n) is 12.8. The summed E-state index contributed by atoms with van der Waals surface area (Å²) in [7, 11) is 1.16. The Kier molecular flexibility index (Phi) is 6.29. The number of alkyl halides is 3. The van der Waals surface area contributed by atoms with Crippen molar-refractivity contribution < 1.29 is 32.2 Å². The van der Waals surface area contributed by atoms with Crippen LogP contribution >= 0.6 is 0 Å². The largest absolute Gasteiger partial charge is 0.466 e. The average molecular weight is 331 g/mol. The molecule has 1 aromatic rings. The van der Waals surface area contributed by atoms with Crippen molar-refractivity contribution in [3.8, 4) is 0 Å². The highest BCUT2D eigenvalue weighted by Crippen LogP contribution is 2.31. The minimum Gasteiger partial charge on any atom is -0.466 e. The molecule has 23 heavy (non-hydrogen) atoms. The molecule has 0 aromatic heterocycles. The van der Waals surface area contributed by atoms with Crippen LogP contribution in [-0.2, 0) is 25.2 Å². The Labute approximate surface area is 131 Å². The summed E-state index contributed by atoms with van der Waals surface area (Å²) in [5, 5.41) is 0. The number of hydrogen-bond donors (Lipinski definition) is 0. The molecule has 0 aliphatic carbocycles. The molecule has 8 heteroatoms. The number of carbonyl (C=O) groups excluding carboxylic acids is 2. The Balaban J connectivity index is 2.74. The second kappa shape index (κ2) is 7.75. The van der Waals surface area contributed by atoms with Crippen molar-refractivity contribution in [3.05, 3.63) is 29.8 Å². The molecule has 1 aromatic carbocycles. The molecule has 126 valence electrons. The maximum Gasteiger partial charge on any atom is 0.416 e. The molecule has 0 radical (unpaired) electrons. The van der Waals surface area contributed by atoms with Crippen molar-refractivity contribution in [2.75, 3.05) is 7.11 Å². The van der Waals surface area contributed by atoms with E-state index in [1.165, 1.54) is 26.0 Å². The minimum atomic E-state index is -4.46. The number of benzene rings is 1. The third-order valence-electron chi connectivity index (χ3n) is 2.73. The fourth-order valence-electron chi connectivity index (χ4n) is 1.67. The lowest BCUT2D eigenvalue weighted by molar-refractivity contribution is -0.163. The lowest BCUT2D eigenvalue weighted by Crippen LogP contribution is -2.26. The van der Waals surface area contributed by atoms with Crippen LogP contribution in [0, 0.1) is 0 Å². The molecule has 0 bridgehead atoms. The van der Waals surface area contributed by atoms with E-state index in [0.717, 1.165) is 19.2 Å². The van der Waals surface area contributed by atoms with Gasteiger partial charge in [-0.1, -0.05) is 6.07 Å². The molecule has 0 heterocycles. The molecule has 0 spiro atoms. The third-order valence-corrected chi connectivity index (χ3v) is 2.73. The molecule has 0 fully saturated rings. The topological polar surface area (TPSA) is 65.0 Å². The van der Waals surface area contributed by atoms with Gasteiger partial charge in [0.25, 0.3) is 0 Å². The van der Waals surface area contributed by atoms with Gasteiger partial charge in [0.15, 0.2) is 6.10 Å². The first-order valence-corrected chi connectivity index (χ1v) is 6.62. The van der Waals surface area contributed by atoms with E-state index < -0.39 is 29.8 Å². The number of ether oxygens (including phenoxy) is 2. The lowest BCUT2D eigenvalue weighted by atomic mass is 10.2. The summed E-state index contributed by atoms with van der Waals surface area (Å²) in [5.74, 6) is -1.43. The van der Waals surface area contributed by atoms with E-state index in [2.05, 4.69) is 9.73 Å². The summed E-state index contributed by atoms with van der Waals surface area (Å²) in [6.07, 6.45) is -5.78. The van der Waals surface area contributed by atoms with Crippen LogP contribution in [0.25, 0.3) is 0 Å². The number of esters is 2. The van der Waals surface area contributed by atoms with Gasteiger partial charge in [-0.15, -0.1) is 0 Å². The van der Waals surface area contributed by atoms with Gasteiger partial charge in [-0.05, 0) is 32.0 Å². The zero-order valence-corrected chi connectivity index (χ0v) is 12.8. The zero-order chi connectivity index (χ0) is 17.6. The van der Waals surface area contributed by atoms with Crippen LogP contribution in [0.3, 0.4) is 0 Å². The highest BCUT2D eigenvalue weighted by Gasteiger charge is 2.30. The molecule has 0 amide bonds. The molecule has 0 aliphatic rings. The van der Waals surface area contributed by atoms with Crippen LogP contribution in [0.15, 0.2) is 29.3 Å². The van der Waals surface area contributed by atoms with E-state index in [4.69, 9.17) is 4.74 Å². The highest BCUT2D eigenvalue weighted by molar-refractivity contribution is 5.99. The summed E-state index contributed by atoms with van der Waals surface area (Å²) < 4.78 is 47.0. The molecule has 5 nitrogen and oxygen atoms in total. The molecular formula is C15H16F3NO4. The minimum absolute atomic E-state index is 0.0751. The molecule has 0 saturated heterocycles. The van der Waals surface area contributed by atoms with Crippen LogP contribution in [-0.4, -0.2) is 30.9 Å². The van der Waals surface area contributed by atoms with Crippen LogP contribution in [0.1, 0.15) is 25.8 Å². The Morgan fingerprint density at radius 3 is 2.52 bits per heavy atom. The monoisotopic (exact) mass is 331 g/mol. The van der Waals surface area contributed by atoms with Crippen molar-refractivity contribution in [2.45, 2.75) is 32.5 Å². The molecule has 0 saturated carbocycles. The average Bonchev–Trinajstić information content (AvgIpc) is 2.45. The first kappa shape index (κ1) is 18.7. The lowest BCUT2D eigenvalue weighted by Gasteiger charge is -2.11. The van der Waals surface area contributed by atoms with Crippen LogP contribution in [0.2, 0.25) is 0 Å². The SMILES string of the molecule is COC(=O)[C@H](C)OC(=O)CC(C)=Nc1cccc(C(F)(F)F)c1. The summed E-state index contributed by atoms with van der Waals surface area (Å²) in [6, 6.07) is 4.43. The predicted molar refractivity (Wildman–Crippen MR) is 76.4 cm³/mol. The molecule has 0 aliphatic heterocycles. The van der Waals surface area contributed by atoms with Crippen molar-refractivity contribution >= 4 is 23.3 Å². The van der Waals surface area contributed by atoms with E-state index in [9.17, 15) is 22.8 Å². The normalized spacial score (nSPS) is 13.4. The quantitative estimate of drug-likeness (QED) is 0.613. The van der Waals surface area contributed by atoms with Crippen molar-refractivity contribution in [1.29, 1.82) is 0 Å². The molecule has 0 N–H and O–H groups in total. The maximum atomic E-state index is 12.6. The number of carbonyl (C=O) groups is 2. The van der Waals surface area contributed by atoms with Crippen LogP contribution < -0.4 is 0 Å². The highest BCUT2D eigenvalue weighted by atomic mass is 19.4. The second-order valence-electron chi connectivity index (χ2n) is 4.73. The maximum absolute atomic E-state index is 12.6. The molecule has 1 rings (SSSR count). The number of halogens is 3. The van der Waals surface area contributed by atoms with E-state index in [0.29, 0.717) is 0 Å². The Morgan fingerprint density at radius 1 is 1.30 bits per heavy atom. The van der Waals surface area contributed by atoms with Gasteiger partial charge in [-0.3, -0.25) is 9.79 Å². The summed E-state index contributed by atoms with van der Waals surface area (Å²) in [6.45, 7) is 2.83. The molecular weight excluding hydrogens is 315 g/mol. The van der Waals surface area contributed by atoms with E-state index in [1.807, 2.05) is 0 Å². The summed E-state index contributed by atoms with van der Waals surface area (Å²) >= 11 is 0.